The number of anilines is 3. The van der Waals surface area contributed by atoms with Crippen molar-refractivity contribution in [2.45, 2.75) is 58.9 Å². The molecule has 2 heterocycles. The molecule has 1 aromatic heterocycles. The second-order valence-electron chi connectivity index (χ2n) is 8.56. The van der Waals surface area contributed by atoms with Gasteiger partial charge < -0.3 is 15.1 Å². The average molecular weight is 410 g/mol. The summed E-state index contributed by atoms with van der Waals surface area (Å²) in [4.78, 5) is 38.5. The van der Waals surface area contributed by atoms with Crippen LogP contribution in [0.15, 0.2) is 30.3 Å². The van der Waals surface area contributed by atoms with Gasteiger partial charge in [0.2, 0.25) is 11.8 Å². The maximum atomic E-state index is 13.4. The first-order valence-corrected chi connectivity index (χ1v) is 10.5. The average Bonchev–Trinajstić information content (AvgIpc) is 2.81. The number of amides is 2. The second kappa shape index (κ2) is 8.81. The summed E-state index contributed by atoms with van der Waals surface area (Å²) in [5.74, 6) is 1.81. The lowest BCUT2D eigenvalue weighted by atomic mass is 10.1. The number of rotatable bonds is 5. The predicted molar refractivity (Wildman–Crippen MR) is 120 cm³/mol. The molecule has 0 aliphatic carbocycles. The van der Waals surface area contributed by atoms with Crippen LogP contribution in [0.1, 0.15) is 64.4 Å². The van der Waals surface area contributed by atoms with Gasteiger partial charge in [-0.2, -0.15) is 0 Å². The molecule has 2 amide bonds. The molecule has 3 rings (SSSR count). The molecule has 1 aromatic carbocycles. The normalized spacial score (nSPS) is 16.3. The number of nitrogens with zero attached hydrogens (tertiary/aromatic N) is 4. The van der Waals surface area contributed by atoms with Gasteiger partial charge in [-0.1, -0.05) is 39.8 Å². The number of fused-ring (bicyclic) bond motifs is 1. The van der Waals surface area contributed by atoms with Crippen molar-refractivity contribution in [3.63, 3.8) is 0 Å². The highest BCUT2D eigenvalue weighted by Gasteiger charge is 2.30. The lowest BCUT2D eigenvalue weighted by molar-refractivity contribution is -0.118. The third-order valence-electron chi connectivity index (χ3n) is 5.25. The van der Waals surface area contributed by atoms with Crippen molar-refractivity contribution in [2.24, 2.45) is 0 Å². The van der Waals surface area contributed by atoms with E-state index in [0.717, 1.165) is 23.0 Å². The van der Waals surface area contributed by atoms with E-state index in [1.54, 1.807) is 4.90 Å². The summed E-state index contributed by atoms with van der Waals surface area (Å²) in [7, 11) is 1.87. The number of carbonyl (C=O) groups is 2. The smallest absolute Gasteiger partial charge is 0.246 e. The van der Waals surface area contributed by atoms with Crippen LogP contribution >= 0.6 is 0 Å². The van der Waals surface area contributed by atoms with Crippen molar-refractivity contribution in [3.05, 3.63) is 41.9 Å². The molecule has 7 heteroatoms. The molecular weight excluding hydrogens is 378 g/mol. The Labute approximate surface area is 178 Å². The van der Waals surface area contributed by atoms with Gasteiger partial charge in [-0.15, -0.1) is 0 Å². The molecule has 0 saturated carbocycles. The van der Waals surface area contributed by atoms with Crippen molar-refractivity contribution in [2.75, 3.05) is 28.7 Å². The van der Waals surface area contributed by atoms with Gasteiger partial charge in [0.1, 0.15) is 11.6 Å². The minimum Gasteiger partial charge on any atom is -0.350 e. The molecule has 0 spiro atoms. The summed E-state index contributed by atoms with van der Waals surface area (Å²) in [5, 5.41) is 2.90. The van der Waals surface area contributed by atoms with Gasteiger partial charge in [0.25, 0.3) is 0 Å². The van der Waals surface area contributed by atoms with Gasteiger partial charge in [0.15, 0.2) is 0 Å². The van der Waals surface area contributed by atoms with Crippen LogP contribution in [0, 0.1) is 0 Å². The summed E-state index contributed by atoms with van der Waals surface area (Å²) in [6, 6.07) is 9.14. The van der Waals surface area contributed by atoms with E-state index in [4.69, 9.17) is 0 Å². The highest BCUT2D eigenvalue weighted by molar-refractivity contribution is 6.05. The molecule has 1 aliphatic rings. The monoisotopic (exact) mass is 409 g/mol. The predicted octanol–water partition coefficient (Wildman–Crippen LogP) is 3.92. The molecular formula is C23H31N5O2. The Kier molecular flexibility index (Phi) is 6.39. The molecule has 0 bridgehead atoms. The summed E-state index contributed by atoms with van der Waals surface area (Å²) in [6.07, 6.45) is 0.257. The molecule has 0 saturated heterocycles. The number of aromatic nitrogens is 2. The maximum absolute atomic E-state index is 13.4. The van der Waals surface area contributed by atoms with Crippen molar-refractivity contribution in [1.29, 1.82) is 0 Å². The quantitative estimate of drug-likeness (QED) is 0.810. The van der Waals surface area contributed by atoms with Gasteiger partial charge in [-0.05, 0) is 25.0 Å². The Balaban J connectivity index is 1.89. The minimum absolute atomic E-state index is 0.0789. The summed E-state index contributed by atoms with van der Waals surface area (Å²) < 4.78 is 0. The zero-order valence-electron chi connectivity index (χ0n) is 18.6. The SMILES string of the molecule is CC(C)c1cc(N(C)CC(=O)N2c3ccccc3NC(=O)CC2C)nc(C(C)C)n1. The number of likely N-dealkylation sites (N-methyl/N-ethyl adjacent to an activating group) is 1. The summed E-state index contributed by atoms with van der Waals surface area (Å²) >= 11 is 0. The van der Waals surface area contributed by atoms with Crippen LogP contribution in [0.5, 0.6) is 0 Å². The van der Waals surface area contributed by atoms with Crippen molar-refractivity contribution in [3.8, 4) is 0 Å². The molecule has 7 nitrogen and oxygen atoms in total. The third kappa shape index (κ3) is 4.61. The van der Waals surface area contributed by atoms with Gasteiger partial charge in [0.05, 0.1) is 17.9 Å². The van der Waals surface area contributed by atoms with E-state index in [1.807, 2.05) is 49.2 Å². The lowest BCUT2D eigenvalue weighted by Gasteiger charge is -2.30. The van der Waals surface area contributed by atoms with Crippen LogP contribution in [-0.2, 0) is 9.59 Å². The Morgan fingerprint density at radius 1 is 1.20 bits per heavy atom. The van der Waals surface area contributed by atoms with E-state index in [1.165, 1.54) is 0 Å². The van der Waals surface area contributed by atoms with Crippen molar-refractivity contribution >= 4 is 29.0 Å². The number of benzene rings is 1. The largest absolute Gasteiger partial charge is 0.350 e. The number of carbonyl (C=O) groups excluding carboxylic acids is 2. The topological polar surface area (TPSA) is 78.4 Å². The van der Waals surface area contributed by atoms with Crippen molar-refractivity contribution in [1.82, 2.24) is 9.97 Å². The molecule has 1 atom stereocenters. The van der Waals surface area contributed by atoms with E-state index in [-0.39, 0.29) is 42.7 Å². The van der Waals surface area contributed by atoms with Gasteiger partial charge in [-0.3, -0.25) is 9.59 Å². The Morgan fingerprint density at radius 2 is 1.90 bits per heavy atom. The second-order valence-corrected chi connectivity index (χ2v) is 8.56. The maximum Gasteiger partial charge on any atom is 0.246 e. The van der Waals surface area contributed by atoms with E-state index < -0.39 is 0 Å². The van der Waals surface area contributed by atoms with Crippen LogP contribution in [0.2, 0.25) is 0 Å². The first-order valence-electron chi connectivity index (χ1n) is 10.5. The molecule has 1 N–H and O–H groups in total. The van der Waals surface area contributed by atoms with Crippen LogP contribution in [0.25, 0.3) is 0 Å². The fourth-order valence-electron chi connectivity index (χ4n) is 3.55. The standard InChI is InChI=1S/C23H31N5O2/c1-14(2)18-12-20(26-23(25-18)15(3)4)27(6)13-22(30)28-16(5)11-21(29)24-17-9-7-8-10-19(17)28/h7-10,12,14-16H,11,13H2,1-6H3,(H,24,29). The van der Waals surface area contributed by atoms with Gasteiger partial charge in [0, 0.05) is 37.2 Å². The molecule has 1 aliphatic heterocycles. The van der Waals surface area contributed by atoms with E-state index in [9.17, 15) is 9.59 Å². The van der Waals surface area contributed by atoms with Crippen LogP contribution in [0.4, 0.5) is 17.2 Å². The third-order valence-corrected chi connectivity index (χ3v) is 5.25. The van der Waals surface area contributed by atoms with Crippen LogP contribution in [0.3, 0.4) is 0 Å². The number of para-hydroxylation sites is 2. The Morgan fingerprint density at radius 3 is 2.57 bits per heavy atom. The first kappa shape index (κ1) is 21.7. The van der Waals surface area contributed by atoms with Crippen LogP contribution < -0.4 is 15.1 Å². The zero-order valence-corrected chi connectivity index (χ0v) is 18.6. The van der Waals surface area contributed by atoms with E-state index in [2.05, 4.69) is 43.0 Å². The first-order chi connectivity index (χ1) is 14.2. The molecule has 2 aromatic rings. The number of hydrogen-bond donors (Lipinski definition) is 1. The molecule has 160 valence electrons. The highest BCUT2D eigenvalue weighted by Crippen LogP contribution is 2.31. The van der Waals surface area contributed by atoms with Crippen LogP contribution in [-0.4, -0.2) is 41.4 Å². The molecule has 30 heavy (non-hydrogen) atoms. The lowest BCUT2D eigenvalue weighted by Crippen LogP contribution is -2.44. The van der Waals surface area contributed by atoms with Crippen molar-refractivity contribution < 1.29 is 9.59 Å². The minimum atomic E-state index is -0.239. The van der Waals surface area contributed by atoms with E-state index in [0.29, 0.717) is 5.69 Å². The summed E-state index contributed by atoms with van der Waals surface area (Å²) in [6.45, 7) is 10.4. The molecule has 0 radical (unpaired) electrons. The number of nitrogens with one attached hydrogen (secondary N) is 1. The fraction of sp³-hybridized carbons (Fsp3) is 0.478. The van der Waals surface area contributed by atoms with Gasteiger partial charge in [-0.25, -0.2) is 9.97 Å². The molecule has 0 fully saturated rings. The Hall–Kier alpha value is -2.96. The zero-order chi connectivity index (χ0) is 22.0. The summed E-state index contributed by atoms with van der Waals surface area (Å²) in [5.41, 5.74) is 2.35. The molecule has 1 unspecified atom stereocenters. The van der Waals surface area contributed by atoms with Gasteiger partial charge >= 0.3 is 0 Å². The Bertz CT molecular complexity index is 915. The van der Waals surface area contributed by atoms with E-state index >= 15 is 0 Å². The number of hydrogen-bond acceptors (Lipinski definition) is 5. The fourth-order valence-corrected chi connectivity index (χ4v) is 3.55. The highest BCUT2D eigenvalue weighted by atomic mass is 16.2.